The van der Waals surface area contributed by atoms with Gasteiger partial charge in [-0.3, -0.25) is 4.99 Å². The van der Waals surface area contributed by atoms with Crippen LogP contribution in [0, 0.1) is 0 Å². The predicted molar refractivity (Wildman–Crippen MR) is 88.0 cm³/mol. The van der Waals surface area contributed by atoms with Gasteiger partial charge in [-0.25, -0.2) is 0 Å². The summed E-state index contributed by atoms with van der Waals surface area (Å²) < 4.78 is 5.43. The number of aliphatic imine (C=N–C) groups is 1. The summed E-state index contributed by atoms with van der Waals surface area (Å²) in [6.45, 7) is 7.39. The molecule has 1 aromatic carbocycles. The number of anilines is 1. The monoisotopic (exact) mass is 290 g/mol. The minimum atomic E-state index is 0.775. The van der Waals surface area contributed by atoms with Gasteiger partial charge in [-0.05, 0) is 18.1 Å². The molecule has 0 aliphatic carbocycles. The predicted octanol–water partition coefficient (Wildman–Crippen LogP) is 1.60. The lowest BCUT2D eigenvalue weighted by atomic mass is 10.1. The lowest BCUT2D eigenvalue weighted by Crippen LogP contribution is -2.39. The van der Waals surface area contributed by atoms with E-state index in [0.717, 1.165) is 51.8 Å². The van der Waals surface area contributed by atoms with Crippen molar-refractivity contribution < 1.29 is 4.74 Å². The van der Waals surface area contributed by atoms with Crippen LogP contribution >= 0.6 is 0 Å². The minimum absolute atomic E-state index is 0.775. The summed E-state index contributed by atoms with van der Waals surface area (Å²) in [5, 5.41) is 6.67. The lowest BCUT2D eigenvalue weighted by molar-refractivity contribution is 0.122. The molecule has 1 heterocycles. The number of nitrogens with one attached hydrogen (secondary N) is 2. The van der Waals surface area contributed by atoms with Crippen molar-refractivity contribution in [1.82, 2.24) is 10.6 Å². The Labute approximate surface area is 127 Å². The highest BCUT2D eigenvalue weighted by Crippen LogP contribution is 2.21. The molecule has 1 aliphatic rings. The fourth-order valence-corrected chi connectivity index (χ4v) is 2.42. The second kappa shape index (κ2) is 8.52. The average Bonchev–Trinajstić information content (AvgIpc) is 2.56. The van der Waals surface area contributed by atoms with Gasteiger partial charge in [0.15, 0.2) is 5.96 Å². The van der Waals surface area contributed by atoms with Crippen molar-refractivity contribution in [1.29, 1.82) is 0 Å². The third-order valence-corrected chi connectivity index (χ3v) is 3.56. The molecule has 0 radical (unpaired) electrons. The number of rotatable bonds is 5. The van der Waals surface area contributed by atoms with E-state index in [1.54, 1.807) is 7.05 Å². The quantitative estimate of drug-likeness (QED) is 0.639. The van der Waals surface area contributed by atoms with Crippen LogP contribution in [0.2, 0.25) is 0 Å². The van der Waals surface area contributed by atoms with E-state index in [1.807, 2.05) is 0 Å². The maximum Gasteiger partial charge on any atom is 0.191 e. The van der Waals surface area contributed by atoms with E-state index in [1.165, 1.54) is 11.3 Å². The summed E-state index contributed by atoms with van der Waals surface area (Å²) in [5.74, 6) is 0.855. The van der Waals surface area contributed by atoms with E-state index in [4.69, 9.17) is 4.74 Å². The summed E-state index contributed by atoms with van der Waals surface area (Å²) in [5.41, 5.74) is 2.58. The molecule has 0 atom stereocenters. The van der Waals surface area contributed by atoms with Crippen molar-refractivity contribution in [2.45, 2.75) is 19.9 Å². The molecule has 0 bridgehead atoms. The van der Waals surface area contributed by atoms with Gasteiger partial charge >= 0.3 is 0 Å². The van der Waals surface area contributed by atoms with Crippen molar-refractivity contribution in [3.8, 4) is 0 Å². The van der Waals surface area contributed by atoms with Crippen molar-refractivity contribution in [3.05, 3.63) is 29.8 Å². The Morgan fingerprint density at radius 3 is 2.71 bits per heavy atom. The highest BCUT2D eigenvalue weighted by atomic mass is 16.5. The van der Waals surface area contributed by atoms with E-state index in [2.05, 4.69) is 51.7 Å². The highest BCUT2D eigenvalue weighted by molar-refractivity contribution is 5.79. The minimum Gasteiger partial charge on any atom is -0.378 e. The molecule has 1 aromatic rings. The molecule has 5 heteroatoms. The van der Waals surface area contributed by atoms with Crippen molar-refractivity contribution in [2.24, 2.45) is 4.99 Å². The number of hydrogen-bond acceptors (Lipinski definition) is 3. The topological polar surface area (TPSA) is 48.9 Å². The molecule has 1 aliphatic heterocycles. The van der Waals surface area contributed by atoms with Gasteiger partial charge in [0, 0.05) is 38.9 Å². The summed E-state index contributed by atoms with van der Waals surface area (Å²) in [6.07, 6.45) is 1.09. The Bertz CT molecular complexity index is 455. The number of morpholine rings is 1. The second-order valence-corrected chi connectivity index (χ2v) is 5.08. The molecule has 0 spiro atoms. The van der Waals surface area contributed by atoms with E-state index < -0.39 is 0 Å². The first-order chi connectivity index (χ1) is 10.3. The smallest absolute Gasteiger partial charge is 0.191 e. The third-order valence-electron chi connectivity index (χ3n) is 3.56. The maximum absolute atomic E-state index is 5.43. The van der Waals surface area contributed by atoms with Gasteiger partial charge in [-0.1, -0.05) is 25.1 Å². The number of ether oxygens (including phenoxy) is 1. The van der Waals surface area contributed by atoms with Crippen molar-refractivity contribution in [3.63, 3.8) is 0 Å². The molecular formula is C16H26N4O. The van der Waals surface area contributed by atoms with Gasteiger partial charge in [0.2, 0.25) is 0 Å². The molecule has 2 rings (SSSR count). The van der Waals surface area contributed by atoms with Crippen LogP contribution in [0.1, 0.15) is 18.9 Å². The molecule has 0 saturated carbocycles. The van der Waals surface area contributed by atoms with Gasteiger partial charge in [0.1, 0.15) is 0 Å². The molecule has 2 N–H and O–H groups in total. The lowest BCUT2D eigenvalue weighted by Gasteiger charge is -2.30. The molecule has 0 amide bonds. The van der Waals surface area contributed by atoms with Gasteiger partial charge in [0.25, 0.3) is 0 Å². The van der Waals surface area contributed by atoms with Crippen LogP contribution in [0.15, 0.2) is 29.3 Å². The number of benzene rings is 1. The largest absolute Gasteiger partial charge is 0.378 e. The molecule has 0 aromatic heterocycles. The Hall–Kier alpha value is -1.75. The molecule has 116 valence electrons. The van der Waals surface area contributed by atoms with Gasteiger partial charge < -0.3 is 20.3 Å². The molecule has 21 heavy (non-hydrogen) atoms. The summed E-state index contributed by atoms with van der Waals surface area (Å²) in [6, 6.07) is 8.54. The van der Waals surface area contributed by atoms with E-state index >= 15 is 0 Å². The van der Waals surface area contributed by atoms with Crippen molar-refractivity contribution >= 4 is 11.6 Å². The first-order valence-corrected chi connectivity index (χ1v) is 7.70. The van der Waals surface area contributed by atoms with Gasteiger partial charge in [0.05, 0.1) is 13.2 Å². The zero-order valence-corrected chi connectivity index (χ0v) is 13.1. The zero-order valence-electron chi connectivity index (χ0n) is 13.1. The first-order valence-electron chi connectivity index (χ1n) is 7.70. The van der Waals surface area contributed by atoms with Crippen LogP contribution in [0.5, 0.6) is 0 Å². The zero-order chi connectivity index (χ0) is 14.9. The van der Waals surface area contributed by atoms with Gasteiger partial charge in [-0.2, -0.15) is 0 Å². The summed E-state index contributed by atoms with van der Waals surface area (Å²) in [7, 11) is 1.80. The molecule has 0 unspecified atom stereocenters. The SMILES string of the molecule is CCCNC(=NC)NCc1ccccc1N1CCOCC1. The fourth-order valence-electron chi connectivity index (χ4n) is 2.42. The number of para-hydroxylation sites is 1. The van der Waals surface area contributed by atoms with Crippen LogP contribution in [-0.4, -0.2) is 45.9 Å². The number of nitrogens with zero attached hydrogens (tertiary/aromatic N) is 2. The average molecular weight is 290 g/mol. The van der Waals surface area contributed by atoms with Crippen LogP contribution in [0.4, 0.5) is 5.69 Å². The molecule has 1 saturated heterocycles. The van der Waals surface area contributed by atoms with E-state index in [0.29, 0.717) is 0 Å². The maximum atomic E-state index is 5.43. The van der Waals surface area contributed by atoms with Crippen LogP contribution in [-0.2, 0) is 11.3 Å². The second-order valence-electron chi connectivity index (χ2n) is 5.08. The standard InChI is InChI=1S/C16H26N4O/c1-3-8-18-16(17-2)19-13-14-6-4-5-7-15(14)20-9-11-21-12-10-20/h4-7H,3,8-13H2,1-2H3,(H2,17,18,19). The Kier molecular flexibility index (Phi) is 6.34. The number of hydrogen-bond donors (Lipinski definition) is 2. The molecule has 5 nitrogen and oxygen atoms in total. The normalized spacial score (nSPS) is 15.9. The van der Waals surface area contributed by atoms with E-state index in [-0.39, 0.29) is 0 Å². The Morgan fingerprint density at radius 2 is 2.00 bits per heavy atom. The summed E-state index contributed by atoms with van der Waals surface area (Å²) in [4.78, 5) is 6.64. The van der Waals surface area contributed by atoms with Crippen LogP contribution in [0.25, 0.3) is 0 Å². The number of guanidine groups is 1. The van der Waals surface area contributed by atoms with Crippen LogP contribution in [0.3, 0.4) is 0 Å². The summed E-state index contributed by atoms with van der Waals surface area (Å²) >= 11 is 0. The van der Waals surface area contributed by atoms with Crippen molar-refractivity contribution in [2.75, 3.05) is 44.8 Å². The van der Waals surface area contributed by atoms with Gasteiger partial charge in [-0.15, -0.1) is 0 Å². The molecular weight excluding hydrogens is 264 g/mol. The first kappa shape index (κ1) is 15.6. The molecule has 1 fully saturated rings. The Morgan fingerprint density at radius 1 is 1.24 bits per heavy atom. The third kappa shape index (κ3) is 4.63. The fraction of sp³-hybridized carbons (Fsp3) is 0.562. The van der Waals surface area contributed by atoms with E-state index in [9.17, 15) is 0 Å². The van der Waals surface area contributed by atoms with Crippen LogP contribution < -0.4 is 15.5 Å². The Balaban J connectivity index is 1.99. The highest BCUT2D eigenvalue weighted by Gasteiger charge is 2.14.